The van der Waals surface area contributed by atoms with E-state index in [9.17, 15) is 4.79 Å². The van der Waals surface area contributed by atoms with Crippen molar-refractivity contribution in [3.63, 3.8) is 0 Å². The van der Waals surface area contributed by atoms with Crippen molar-refractivity contribution in [2.24, 2.45) is 10.7 Å². The fourth-order valence-electron chi connectivity index (χ4n) is 3.58. The van der Waals surface area contributed by atoms with E-state index in [4.69, 9.17) is 5.73 Å². The lowest BCUT2D eigenvalue weighted by Crippen LogP contribution is -2.23. The molecule has 0 bridgehead atoms. The van der Waals surface area contributed by atoms with Gasteiger partial charge in [0.2, 0.25) is 5.91 Å². The first-order chi connectivity index (χ1) is 13.1. The summed E-state index contributed by atoms with van der Waals surface area (Å²) in [5.41, 5.74) is 13.3. The van der Waals surface area contributed by atoms with Crippen LogP contribution in [0.15, 0.2) is 72.0 Å². The maximum Gasteiger partial charge on any atom is 0.225 e. The summed E-state index contributed by atoms with van der Waals surface area (Å²) in [7, 11) is 0. The molecule has 4 heteroatoms. The van der Waals surface area contributed by atoms with Crippen molar-refractivity contribution in [2.45, 2.75) is 25.8 Å². The summed E-state index contributed by atoms with van der Waals surface area (Å²) < 4.78 is 0. The molecular formula is C23H21N3O. The molecule has 4 nitrogen and oxygen atoms in total. The SMILES string of the molecule is CC1=NCc2ccc(-c3cncc(C[C@@H](C(N)=O)c4ccccc4)c3)cc21. The molecule has 1 atom stereocenters. The minimum atomic E-state index is -0.363. The number of aromatic nitrogens is 1. The molecule has 0 unspecified atom stereocenters. The van der Waals surface area contributed by atoms with Crippen LogP contribution in [0.1, 0.15) is 35.1 Å². The van der Waals surface area contributed by atoms with Crippen molar-refractivity contribution in [3.05, 3.63) is 89.2 Å². The van der Waals surface area contributed by atoms with Crippen molar-refractivity contribution >= 4 is 11.6 Å². The Kier molecular flexibility index (Phi) is 4.55. The highest BCUT2D eigenvalue weighted by Crippen LogP contribution is 2.28. The number of fused-ring (bicyclic) bond motifs is 1. The molecule has 0 radical (unpaired) electrons. The fourth-order valence-corrected chi connectivity index (χ4v) is 3.58. The minimum Gasteiger partial charge on any atom is -0.369 e. The summed E-state index contributed by atoms with van der Waals surface area (Å²) in [6.07, 6.45) is 4.20. The Morgan fingerprint density at radius 2 is 1.89 bits per heavy atom. The lowest BCUT2D eigenvalue weighted by Gasteiger charge is -2.14. The first-order valence-electron chi connectivity index (χ1n) is 9.05. The van der Waals surface area contributed by atoms with Gasteiger partial charge in [-0.3, -0.25) is 14.8 Å². The number of nitrogens with two attached hydrogens (primary N) is 1. The third-order valence-electron chi connectivity index (χ3n) is 5.10. The van der Waals surface area contributed by atoms with Crippen molar-refractivity contribution in [2.75, 3.05) is 0 Å². The molecule has 0 saturated carbocycles. The molecule has 4 rings (SSSR count). The van der Waals surface area contributed by atoms with E-state index in [0.717, 1.165) is 34.5 Å². The van der Waals surface area contributed by atoms with Gasteiger partial charge >= 0.3 is 0 Å². The highest BCUT2D eigenvalue weighted by Gasteiger charge is 2.19. The number of rotatable bonds is 5. The second-order valence-corrected chi connectivity index (χ2v) is 6.93. The number of benzene rings is 2. The van der Waals surface area contributed by atoms with E-state index < -0.39 is 0 Å². The van der Waals surface area contributed by atoms with Crippen LogP contribution < -0.4 is 5.73 Å². The molecule has 2 heterocycles. The van der Waals surface area contributed by atoms with Crippen LogP contribution in [0.4, 0.5) is 0 Å². The Morgan fingerprint density at radius 3 is 2.67 bits per heavy atom. The molecule has 0 aliphatic carbocycles. The average molecular weight is 355 g/mol. The lowest BCUT2D eigenvalue weighted by molar-refractivity contribution is -0.119. The van der Waals surface area contributed by atoms with Crippen LogP contribution in [0.5, 0.6) is 0 Å². The Balaban J connectivity index is 1.64. The first-order valence-corrected chi connectivity index (χ1v) is 9.05. The van der Waals surface area contributed by atoms with Gasteiger partial charge in [-0.2, -0.15) is 0 Å². The quantitative estimate of drug-likeness (QED) is 0.754. The molecule has 0 spiro atoms. The predicted molar refractivity (Wildman–Crippen MR) is 108 cm³/mol. The zero-order chi connectivity index (χ0) is 18.8. The molecule has 134 valence electrons. The van der Waals surface area contributed by atoms with Gasteiger partial charge in [0, 0.05) is 29.2 Å². The predicted octanol–water partition coefficient (Wildman–Crippen LogP) is 3.88. The standard InChI is InChI=1S/C23H21N3O/c1-15-21-11-18(7-8-19(21)14-26-15)20-9-16(12-25-13-20)10-22(23(24)27)17-5-3-2-4-6-17/h2-9,11-13,22H,10,14H2,1H3,(H2,24,27)/t22-/m1/s1. The number of nitrogens with zero attached hydrogens (tertiary/aromatic N) is 2. The summed E-state index contributed by atoms with van der Waals surface area (Å²) in [5, 5.41) is 0. The second kappa shape index (κ2) is 7.16. The summed E-state index contributed by atoms with van der Waals surface area (Å²) in [6.45, 7) is 2.80. The van der Waals surface area contributed by atoms with Crippen LogP contribution in [0.2, 0.25) is 0 Å². The largest absolute Gasteiger partial charge is 0.369 e. The molecule has 1 amide bonds. The summed E-state index contributed by atoms with van der Waals surface area (Å²) in [5.74, 6) is -0.686. The minimum absolute atomic E-state index is 0.323. The van der Waals surface area contributed by atoms with E-state index in [1.165, 1.54) is 11.1 Å². The molecule has 27 heavy (non-hydrogen) atoms. The highest BCUT2D eigenvalue weighted by molar-refractivity contribution is 6.02. The maximum atomic E-state index is 12.0. The lowest BCUT2D eigenvalue weighted by atomic mass is 9.91. The van der Waals surface area contributed by atoms with Gasteiger partial charge in [0.25, 0.3) is 0 Å². The summed E-state index contributed by atoms with van der Waals surface area (Å²) in [4.78, 5) is 20.9. The van der Waals surface area contributed by atoms with Gasteiger partial charge < -0.3 is 5.73 Å². The Hall–Kier alpha value is -3.27. The van der Waals surface area contributed by atoms with E-state index in [1.54, 1.807) is 0 Å². The molecule has 0 saturated heterocycles. The van der Waals surface area contributed by atoms with E-state index in [2.05, 4.69) is 34.2 Å². The number of carbonyl (C=O) groups is 1. The second-order valence-electron chi connectivity index (χ2n) is 6.93. The number of hydrogen-bond donors (Lipinski definition) is 1. The fraction of sp³-hybridized carbons (Fsp3) is 0.174. The van der Waals surface area contributed by atoms with Crippen molar-refractivity contribution in [1.29, 1.82) is 0 Å². The number of pyridine rings is 1. The number of primary amides is 1. The van der Waals surface area contributed by atoms with Crippen LogP contribution in [0.25, 0.3) is 11.1 Å². The van der Waals surface area contributed by atoms with Crippen molar-refractivity contribution in [1.82, 2.24) is 4.98 Å². The van der Waals surface area contributed by atoms with Gasteiger partial charge in [0.05, 0.1) is 12.5 Å². The molecule has 1 aromatic heterocycles. The normalized spacial score (nSPS) is 13.7. The zero-order valence-corrected chi connectivity index (χ0v) is 15.2. The molecule has 2 aromatic carbocycles. The van der Waals surface area contributed by atoms with Gasteiger partial charge in [-0.25, -0.2) is 0 Å². The molecule has 0 fully saturated rings. The monoisotopic (exact) mass is 355 g/mol. The van der Waals surface area contributed by atoms with Gasteiger partial charge in [0.15, 0.2) is 0 Å². The maximum absolute atomic E-state index is 12.0. The van der Waals surface area contributed by atoms with Gasteiger partial charge in [-0.15, -0.1) is 0 Å². The molecule has 2 N–H and O–H groups in total. The van der Waals surface area contributed by atoms with Crippen molar-refractivity contribution in [3.8, 4) is 11.1 Å². The van der Waals surface area contributed by atoms with Crippen LogP contribution in [-0.4, -0.2) is 16.6 Å². The van der Waals surface area contributed by atoms with E-state index in [0.29, 0.717) is 6.42 Å². The first kappa shape index (κ1) is 17.2. The van der Waals surface area contributed by atoms with E-state index in [1.807, 2.05) is 49.6 Å². The van der Waals surface area contributed by atoms with Gasteiger partial charge in [-0.1, -0.05) is 42.5 Å². The van der Waals surface area contributed by atoms with E-state index in [-0.39, 0.29) is 11.8 Å². The third kappa shape index (κ3) is 3.51. The third-order valence-corrected chi connectivity index (χ3v) is 5.10. The number of amides is 1. The van der Waals surface area contributed by atoms with Crippen molar-refractivity contribution < 1.29 is 4.79 Å². The summed E-state index contributed by atoms with van der Waals surface area (Å²) in [6, 6.07) is 18.2. The Labute approximate surface area is 158 Å². The number of aliphatic imine (C=N–C) groups is 1. The van der Waals surface area contributed by atoms with Crippen LogP contribution >= 0.6 is 0 Å². The molecule has 1 aliphatic heterocycles. The summed E-state index contributed by atoms with van der Waals surface area (Å²) >= 11 is 0. The van der Waals surface area contributed by atoms with Crippen LogP contribution in [0, 0.1) is 0 Å². The smallest absolute Gasteiger partial charge is 0.225 e. The Morgan fingerprint density at radius 1 is 1.07 bits per heavy atom. The van der Waals surface area contributed by atoms with E-state index >= 15 is 0 Å². The highest BCUT2D eigenvalue weighted by atomic mass is 16.1. The number of hydrogen-bond acceptors (Lipinski definition) is 3. The Bertz CT molecular complexity index is 1020. The van der Waals surface area contributed by atoms with Gasteiger partial charge in [0.1, 0.15) is 0 Å². The molecule has 1 aliphatic rings. The topological polar surface area (TPSA) is 68.3 Å². The molecular weight excluding hydrogens is 334 g/mol. The molecule has 3 aromatic rings. The average Bonchev–Trinajstić information content (AvgIpc) is 3.07. The van der Waals surface area contributed by atoms with Crippen LogP contribution in [0.3, 0.4) is 0 Å². The zero-order valence-electron chi connectivity index (χ0n) is 15.2. The van der Waals surface area contributed by atoms with Gasteiger partial charge in [-0.05, 0) is 47.7 Å². The van der Waals surface area contributed by atoms with Crippen LogP contribution in [-0.2, 0) is 17.8 Å². The number of carbonyl (C=O) groups excluding carboxylic acids is 1.